The molecule has 0 aromatic heterocycles. The Hall–Kier alpha value is -3.56. The summed E-state index contributed by atoms with van der Waals surface area (Å²) in [5.41, 5.74) is 9.09. The van der Waals surface area contributed by atoms with Crippen molar-refractivity contribution in [2.24, 2.45) is 21.8 Å². The first kappa shape index (κ1) is 18.8. The predicted octanol–water partition coefficient (Wildman–Crippen LogP) is 2.36. The van der Waals surface area contributed by atoms with Gasteiger partial charge in [-0.2, -0.15) is 9.81 Å². The summed E-state index contributed by atoms with van der Waals surface area (Å²) in [5.74, 6) is -4.20. The molecule has 2 aromatic rings. The molecule has 4 N–H and O–H groups in total. The first-order valence-corrected chi connectivity index (χ1v) is 7.13. The maximum absolute atomic E-state index is 14.2. The highest BCUT2D eigenvalue weighted by atomic mass is 19.1. The molecule has 2 rings (SSSR count). The highest BCUT2D eigenvalue weighted by Gasteiger charge is 2.19. The number of halogens is 2. The summed E-state index contributed by atoms with van der Waals surface area (Å²) in [5, 5.41) is 5.15. The van der Waals surface area contributed by atoms with Crippen LogP contribution in [-0.2, 0) is 13.1 Å². The zero-order valence-corrected chi connectivity index (χ0v) is 13.2. The van der Waals surface area contributed by atoms with Crippen molar-refractivity contribution in [3.05, 3.63) is 68.0 Å². The van der Waals surface area contributed by atoms with Crippen molar-refractivity contribution in [3.63, 3.8) is 0 Å². The van der Waals surface area contributed by atoms with Crippen LogP contribution in [0.25, 0.3) is 11.1 Å². The Kier molecular flexibility index (Phi) is 5.45. The molecular formula is C16H12F2N4O4. The Morgan fingerprint density at radius 1 is 0.769 bits per heavy atom. The van der Waals surface area contributed by atoms with Gasteiger partial charge in [0.2, 0.25) is 0 Å². The Bertz CT molecular complexity index is 855. The predicted molar refractivity (Wildman–Crippen MR) is 87.8 cm³/mol. The number of rotatable bonds is 7. The molecule has 2 amide bonds. The number of primary amides is 2. The van der Waals surface area contributed by atoms with Crippen molar-refractivity contribution in [1.29, 1.82) is 0 Å². The van der Waals surface area contributed by atoms with E-state index in [1.165, 1.54) is 12.1 Å². The zero-order chi connectivity index (χ0) is 19.4. The molecule has 2 aromatic carbocycles. The third-order valence-corrected chi connectivity index (χ3v) is 3.63. The lowest BCUT2D eigenvalue weighted by atomic mass is 9.95. The van der Waals surface area contributed by atoms with E-state index in [1.54, 1.807) is 0 Å². The van der Waals surface area contributed by atoms with Gasteiger partial charge in [0.15, 0.2) is 0 Å². The number of hydrogen-bond acceptors (Lipinski definition) is 6. The lowest BCUT2D eigenvalue weighted by molar-refractivity contribution is 0.0987. The van der Waals surface area contributed by atoms with Crippen LogP contribution in [0.15, 0.2) is 34.6 Å². The molecule has 0 aliphatic heterocycles. The van der Waals surface area contributed by atoms with Gasteiger partial charge in [0.05, 0.1) is 11.1 Å². The maximum atomic E-state index is 14.2. The minimum Gasteiger partial charge on any atom is -0.366 e. The van der Waals surface area contributed by atoms with Crippen LogP contribution in [0.1, 0.15) is 31.8 Å². The van der Waals surface area contributed by atoms with Gasteiger partial charge < -0.3 is 11.5 Å². The van der Waals surface area contributed by atoms with E-state index in [-0.39, 0.29) is 22.3 Å². The van der Waals surface area contributed by atoms with Gasteiger partial charge in [-0.1, -0.05) is 10.4 Å². The van der Waals surface area contributed by atoms with Crippen LogP contribution < -0.4 is 11.5 Å². The van der Waals surface area contributed by atoms with Gasteiger partial charge in [-0.05, 0) is 35.4 Å². The number of carbonyl (C=O) groups excluding carboxylic acids is 2. The molecule has 0 aliphatic carbocycles. The van der Waals surface area contributed by atoms with Crippen molar-refractivity contribution >= 4 is 11.8 Å². The van der Waals surface area contributed by atoms with E-state index in [9.17, 15) is 28.2 Å². The average Bonchev–Trinajstić information content (AvgIpc) is 2.58. The molecule has 0 spiro atoms. The standard InChI is InChI=1S/C16H12F2N4O4/c17-13-9(5-21-25)1-7(3-11(13)15(19)23)8-2-10(6-22-26)14(18)12(4-8)16(20)24/h1-4H,5-6H2,(H2,19,23)(H2,20,24). The Morgan fingerprint density at radius 2 is 1.12 bits per heavy atom. The zero-order valence-electron chi connectivity index (χ0n) is 13.2. The highest BCUT2D eigenvalue weighted by molar-refractivity contribution is 5.96. The molecule has 0 radical (unpaired) electrons. The summed E-state index contributed by atoms with van der Waals surface area (Å²) in [4.78, 5) is 43.9. The first-order chi connectivity index (χ1) is 12.3. The third-order valence-electron chi connectivity index (χ3n) is 3.63. The molecule has 0 unspecified atom stereocenters. The number of hydrogen-bond donors (Lipinski definition) is 2. The normalized spacial score (nSPS) is 10.4. The van der Waals surface area contributed by atoms with E-state index in [0.29, 0.717) is 0 Å². The number of nitroso groups, excluding NO2 is 2. The van der Waals surface area contributed by atoms with E-state index in [1.807, 2.05) is 0 Å². The Labute approximate surface area is 145 Å². The summed E-state index contributed by atoms with van der Waals surface area (Å²) >= 11 is 0. The molecule has 0 fully saturated rings. The summed E-state index contributed by atoms with van der Waals surface area (Å²) < 4.78 is 28.4. The SMILES string of the molecule is NC(=O)c1cc(-c2cc(CN=O)c(F)c(C(N)=O)c2)cc(CN=O)c1F. The fourth-order valence-electron chi connectivity index (χ4n) is 2.43. The van der Waals surface area contributed by atoms with E-state index in [2.05, 4.69) is 10.4 Å². The summed E-state index contributed by atoms with van der Waals surface area (Å²) in [6, 6.07) is 4.53. The van der Waals surface area contributed by atoms with Crippen LogP contribution in [0.3, 0.4) is 0 Å². The summed E-state index contributed by atoms with van der Waals surface area (Å²) in [6.45, 7) is -1.15. The average molecular weight is 362 g/mol. The van der Waals surface area contributed by atoms with E-state index < -0.39 is 47.7 Å². The molecule has 0 heterocycles. The molecule has 134 valence electrons. The second-order valence-electron chi connectivity index (χ2n) is 5.30. The smallest absolute Gasteiger partial charge is 0.251 e. The quantitative estimate of drug-likeness (QED) is 0.728. The van der Waals surface area contributed by atoms with Crippen LogP contribution in [0, 0.1) is 21.4 Å². The minimum atomic E-state index is -1.09. The van der Waals surface area contributed by atoms with Crippen LogP contribution in [-0.4, -0.2) is 11.8 Å². The van der Waals surface area contributed by atoms with E-state index in [0.717, 1.165) is 12.1 Å². The number of nitrogens with zero attached hydrogens (tertiary/aromatic N) is 2. The Balaban J connectivity index is 2.78. The van der Waals surface area contributed by atoms with Gasteiger partial charge in [-0.25, -0.2) is 8.78 Å². The summed E-state index contributed by atoms with van der Waals surface area (Å²) in [7, 11) is 0. The van der Waals surface area contributed by atoms with Crippen molar-refractivity contribution in [3.8, 4) is 11.1 Å². The second-order valence-corrected chi connectivity index (χ2v) is 5.30. The first-order valence-electron chi connectivity index (χ1n) is 7.13. The molecule has 0 aliphatic rings. The van der Waals surface area contributed by atoms with Crippen LogP contribution >= 0.6 is 0 Å². The largest absolute Gasteiger partial charge is 0.366 e. The monoisotopic (exact) mass is 362 g/mol. The summed E-state index contributed by atoms with van der Waals surface area (Å²) in [6.07, 6.45) is 0. The van der Waals surface area contributed by atoms with Crippen LogP contribution in [0.2, 0.25) is 0 Å². The number of nitrogens with two attached hydrogens (primary N) is 2. The minimum absolute atomic E-state index is 0.147. The molecule has 26 heavy (non-hydrogen) atoms. The number of benzene rings is 2. The second kappa shape index (κ2) is 7.55. The Morgan fingerprint density at radius 3 is 1.38 bits per heavy atom. The molecule has 10 heteroatoms. The van der Waals surface area contributed by atoms with Gasteiger partial charge in [-0.3, -0.25) is 9.59 Å². The molecule has 0 saturated heterocycles. The highest BCUT2D eigenvalue weighted by Crippen LogP contribution is 2.29. The van der Waals surface area contributed by atoms with Crippen LogP contribution in [0.5, 0.6) is 0 Å². The molecule has 0 saturated carbocycles. The lowest BCUT2D eigenvalue weighted by Gasteiger charge is -2.12. The molecule has 0 atom stereocenters. The third kappa shape index (κ3) is 3.58. The lowest BCUT2D eigenvalue weighted by Crippen LogP contribution is -2.16. The fourth-order valence-corrected chi connectivity index (χ4v) is 2.43. The van der Waals surface area contributed by atoms with E-state index >= 15 is 0 Å². The van der Waals surface area contributed by atoms with Gasteiger partial charge >= 0.3 is 0 Å². The van der Waals surface area contributed by atoms with Gasteiger partial charge in [0.25, 0.3) is 11.8 Å². The number of carbonyl (C=O) groups is 2. The maximum Gasteiger partial charge on any atom is 0.251 e. The van der Waals surface area contributed by atoms with Crippen molar-refractivity contribution in [2.75, 3.05) is 0 Å². The topological polar surface area (TPSA) is 145 Å². The fraction of sp³-hybridized carbons (Fsp3) is 0.125. The van der Waals surface area contributed by atoms with Gasteiger partial charge in [0, 0.05) is 11.1 Å². The van der Waals surface area contributed by atoms with Crippen molar-refractivity contribution in [2.45, 2.75) is 13.1 Å². The molecule has 0 bridgehead atoms. The van der Waals surface area contributed by atoms with Crippen molar-refractivity contribution in [1.82, 2.24) is 0 Å². The van der Waals surface area contributed by atoms with E-state index in [4.69, 9.17) is 11.5 Å². The van der Waals surface area contributed by atoms with Crippen molar-refractivity contribution < 1.29 is 18.4 Å². The van der Waals surface area contributed by atoms with Gasteiger partial charge in [-0.15, -0.1) is 0 Å². The molecular weight excluding hydrogens is 350 g/mol. The van der Waals surface area contributed by atoms with Gasteiger partial charge in [0.1, 0.15) is 24.7 Å². The van der Waals surface area contributed by atoms with Crippen LogP contribution in [0.4, 0.5) is 8.78 Å². The molecule has 8 nitrogen and oxygen atoms in total. The number of amides is 2.